The topological polar surface area (TPSA) is 6.48 Å². The maximum absolute atomic E-state index is 2.58. The Balaban J connectivity index is 1.85. The summed E-state index contributed by atoms with van der Waals surface area (Å²) in [5, 5.41) is 0. The fourth-order valence-corrected chi connectivity index (χ4v) is 2.38. The summed E-state index contributed by atoms with van der Waals surface area (Å²) in [5.41, 5.74) is 1.35. The highest BCUT2D eigenvalue weighted by atomic mass is 15.2. The van der Waals surface area contributed by atoms with Crippen molar-refractivity contribution in [2.75, 3.05) is 37.6 Å². The molecule has 0 spiro atoms. The number of hydrogen-bond acceptors (Lipinski definition) is 2. The molecule has 2 nitrogen and oxygen atoms in total. The van der Waals surface area contributed by atoms with Crippen LogP contribution in [0.25, 0.3) is 0 Å². The summed E-state index contributed by atoms with van der Waals surface area (Å²) in [6.45, 7) is 8.29. The van der Waals surface area contributed by atoms with E-state index in [0.717, 1.165) is 13.1 Å². The Morgan fingerprint density at radius 3 is 2.44 bits per heavy atom. The molecule has 0 N–H and O–H groups in total. The summed E-state index contributed by atoms with van der Waals surface area (Å²) in [5.74, 6) is 0. The average Bonchev–Trinajstić information content (AvgIpc) is 2.84. The van der Waals surface area contributed by atoms with Crippen LogP contribution in [0, 0.1) is 0 Å². The van der Waals surface area contributed by atoms with Gasteiger partial charge < -0.3 is 9.80 Å². The van der Waals surface area contributed by atoms with E-state index < -0.39 is 0 Å². The van der Waals surface area contributed by atoms with Crippen molar-refractivity contribution in [3.05, 3.63) is 30.3 Å². The molecule has 1 fully saturated rings. The predicted octanol–water partition coefficient (Wildman–Crippen LogP) is 2.61. The molecular formula is C14H22N2. The number of benzene rings is 1. The second kappa shape index (κ2) is 5.90. The smallest absolute Gasteiger partial charge is 0.0366 e. The van der Waals surface area contributed by atoms with E-state index in [1.165, 1.54) is 38.2 Å². The van der Waals surface area contributed by atoms with E-state index in [1.54, 1.807) is 0 Å². The van der Waals surface area contributed by atoms with Crippen molar-refractivity contribution in [3.63, 3.8) is 0 Å². The molecule has 1 aliphatic rings. The number of likely N-dealkylation sites (tertiary alicyclic amines) is 1. The minimum Gasteiger partial charge on any atom is -0.371 e. The summed E-state index contributed by atoms with van der Waals surface area (Å²) in [7, 11) is 0. The molecule has 0 radical (unpaired) electrons. The molecule has 0 unspecified atom stereocenters. The number of hydrogen-bond donors (Lipinski definition) is 0. The van der Waals surface area contributed by atoms with E-state index >= 15 is 0 Å². The number of likely N-dealkylation sites (N-methyl/N-ethyl adjacent to an activating group) is 1. The van der Waals surface area contributed by atoms with E-state index in [0.29, 0.717) is 0 Å². The Hall–Kier alpha value is -1.02. The van der Waals surface area contributed by atoms with Crippen LogP contribution in [-0.2, 0) is 0 Å². The van der Waals surface area contributed by atoms with Gasteiger partial charge in [0, 0.05) is 25.3 Å². The number of para-hydroxylation sites is 1. The van der Waals surface area contributed by atoms with Gasteiger partial charge in [-0.25, -0.2) is 0 Å². The number of nitrogens with zero attached hydrogens (tertiary/aromatic N) is 2. The van der Waals surface area contributed by atoms with Gasteiger partial charge in [-0.3, -0.25) is 0 Å². The molecule has 1 heterocycles. The van der Waals surface area contributed by atoms with Gasteiger partial charge >= 0.3 is 0 Å². The highest BCUT2D eigenvalue weighted by Crippen LogP contribution is 2.13. The fourth-order valence-electron chi connectivity index (χ4n) is 2.38. The molecule has 88 valence electrons. The van der Waals surface area contributed by atoms with Crippen molar-refractivity contribution in [2.24, 2.45) is 0 Å². The SMILES string of the molecule is CCN(CCN1CCCC1)c1ccccc1. The zero-order valence-electron chi connectivity index (χ0n) is 10.2. The molecule has 0 aromatic heterocycles. The minimum atomic E-state index is 1.10. The van der Waals surface area contributed by atoms with Crippen molar-refractivity contribution in [1.82, 2.24) is 4.90 Å². The summed E-state index contributed by atoms with van der Waals surface area (Å²) in [6, 6.07) is 10.7. The van der Waals surface area contributed by atoms with Gasteiger partial charge in [-0.1, -0.05) is 18.2 Å². The first-order chi connectivity index (χ1) is 7.90. The van der Waals surface area contributed by atoms with E-state index in [2.05, 4.69) is 47.1 Å². The van der Waals surface area contributed by atoms with E-state index in [-0.39, 0.29) is 0 Å². The van der Waals surface area contributed by atoms with Crippen LogP contribution in [0.1, 0.15) is 19.8 Å². The van der Waals surface area contributed by atoms with Crippen molar-refractivity contribution in [2.45, 2.75) is 19.8 Å². The summed E-state index contributed by atoms with van der Waals surface area (Å²) < 4.78 is 0. The molecule has 0 aliphatic carbocycles. The first-order valence-electron chi connectivity index (χ1n) is 6.42. The molecule has 2 heteroatoms. The zero-order chi connectivity index (χ0) is 11.2. The van der Waals surface area contributed by atoms with Gasteiger partial charge in [0.1, 0.15) is 0 Å². The lowest BCUT2D eigenvalue weighted by Crippen LogP contribution is -2.33. The van der Waals surface area contributed by atoms with Crippen LogP contribution in [0.4, 0.5) is 5.69 Å². The highest BCUT2D eigenvalue weighted by Gasteiger charge is 2.12. The van der Waals surface area contributed by atoms with Crippen LogP contribution < -0.4 is 4.90 Å². The Labute approximate surface area is 98.9 Å². The second-order valence-corrected chi connectivity index (χ2v) is 4.46. The minimum absolute atomic E-state index is 1.10. The van der Waals surface area contributed by atoms with Crippen molar-refractivity contribution < 1.29 is 0 Å². The Kier molecular flexibility index (Phi) is 4.23. The van der Waals surface area contributed by atoms with Gasteiger partial charge in [-0.2, -0.15) is 0 Å². The van der Waals surface area contributed by atoms with Crippen LogP contribution in [0.5, 0.6) is 0 Å². The largest absolute Gasteiger partial charge is 0.371 e. The average molecular weight is 218 g/mol. The van der Waals surface area contributed by atoms with Gasteiger partial charge in [0.2, 0.25) is 0 Å². The molecule has 0 bridgehead atoms. The first-order valence-corrected chi connectivity index (χ1v) is 6.42. The lowest BCUT2D eigenvalue weighted by atomic mass is 10.3. The van der Waals surface area contributed by atoms with Crippen molar-refractivity contribution in [3.8, 4) is 0 Å². The molecular weight excluding hydrogens is 196 g/mol. The molecule has 1 aliphatic heterocycles. The standard InChI is InChI=1S/C14H22N2/c1-2-16(14-8-4-3-5-9-14)13-12-15-10-6-7-11-15/h3-5,8-9H,2,6-7,10-13H2,1H3. The van der Waals surface area contributed by atoms with Gasteiger partial charge in [-0.05, 0) is 45.0 Å². The molecule has 1 saturated heterocycles. The first kappa shape index (κ1) is 11.5. The Morgan fingerprint density at radius 1 is 1.12 bits per heavy atom. The third kappa shape index (κ3) is 2.99. The molecule has 2 rings (SSSR count). The zero-order valence-corrected chi connectivity index (χ0v) is 10.2. The van der Waals surface area contributed by atoms with Crippen molar-refractivity contribution in [1.29, 1.82) is 0 Å². The summed E-state index contributed by atoms with van der Waals surface area (Å²) in [4.78, 5) is 5.03. The number of rotatable bonds is 5. The van der Waals surface area contributed by atoms with Gasteiger partial charge in [0.25, 0.3) is 0 Å². The van der Waals surface area contributed by atoms with Crippen LogP contribution in [0.3, 0.4) is 0 Å². The Morgan fingerprint density at radius 2 is 1.81 bits per heavy atom. The summed E-state index contributed by atoms with van der Waals surface area (Å²) in [6.07, 6.45) is 2.77. The molecule has 1 aromatic carbocycles. The van der Waals surface area contributed by atoms with E-state index in [1.807, 2.05) is 0 Å². The second-order valence-electron chi connectivity index (χ2n) is 4.46. The maximum Gasteiger partial charge on any atom is 0.0366 e. The molecule has 0 atom stereocenters. The quantitative estimate of drug-likeness (QED) is 0.749. The third-order valence-electron chi connectivity index (χ3n) is 3.39. The molecule has 0 amide bonds. The van der Waals surface area contributed by atoms with Crippen LogP contribution >= 0.6 is 0 Å². The molecule has 0 saturated carbocycles. The number of anilines is 1. The van der Waals surface area contributed by atoms with E-state index in [9.17, 15) is 0 Å². The lowest BCUT2D eigenvalue weighted by Gasteiger charge is -2.25. The normalized spacial score (nSPS) is 16.6. The fraction of sp³-hybridized carbons (Fsp3) is 0.571. The van der Waals surface area contributed by atoms with E-state index in [4.69, 9.17) is 0 Å². The maximum atomic E-state index is 2.58. The van der Waals surface area contributed by atoms with Crippen LogP contribution in [-0.4, -0.2) is 37.6 Å². The third-order valence-corrected chi connectivity index (χ3v) is 3.39. The molecule has 1 aromatic rings. The van der Waals surface area contributed by atoms with Gasteiger partial charge in [0.05, 0.1) is 0 Å². The monoisotopic (exact) mass is 218 g/mol. The van der Waals surface area contributed by atoms with Gasteiger partial charge in [-0.15, -0.1) is 0 Å². The highest BCUT2D eigenvalue weighted by molar-refractivity contribution is 5.45. The van der Waals surface area contributed by atoms with Crippen LogP contribution in [0.15, 0.2) is 30.3 Å². The van der Waals surface area contributed by atoms with Crippen LogP contribution in [0.2, 0.25) is 0 Å². The lowest BCUT2D eigenvalue weighted by molar-refractivity contribution is 0.345. The van der Waals surface area contributed by atoms with Gasteiger partial charge in [0.15, 0.2) is 0 Å². The summed E-state index contributed by atoms with van der Waals surface area (Å²) >= 11 is 0. The Bertz CT molecular complexity index is 291. The predicted molar refractivity (Wildman–Crippen MR) is 70.0 cm³/mol. The molecule has 16 heavy (non-hydrogen) atoms. The van der Waals surface area contributed by atoms with Crippen molar-refractivity contribution >= 4 is 5.69 Å².